The van der Waals surface area contributed by atoms with Gasteiger partial charge in [0, 0.05) is 5.75 Å². The zero-order valence-corrected chi connectivity index (χ0v) is 11.6. The van der Waals surface area contributed by atoms with E-state index >= 15 is 0 Å². The number of aryl methyl sites for hydroxylation is 1. The maximum atomic E-state index is 11.7. The van der Waals surface area contributed by atoms with E-state index in [4.69, 9.17) is 5.11 Å². The molecule has 1 aromatic rings. The molecule has 0 aromatic heterocycles. The Kier molecular flexibility index (Phi) is 4.14. The summed E-state index contributed by atoms with van der Waals surface area (Å²) in [5, 5.41) is 11.6. The number of carbonyl (C=O) groups is 2. The first kappa shape index (κ1) is 13.9. The molecule has 0 heterocycles. The average molecular weight is 279 g/mol. The Morgan fingerprint density at radius 1 is 1.42 bits per heavy atom. The van der Waals surface area contributed by atoms with Crippen molar-refractivity contribution < 1.29 is 14.7 Å². The van der Waals surface area contributed by atoms with Crippen molar-refractivity contribution in [2.45, 2.75) is 31.1 Å². The normalized spacial score (nSPS) is 15.8. The van der Waals surface area contributed by atoms with Crippen LogP contribution in [0.2, 0.25) is 0 Å². The topological polar surface area (TPSA) is 66.4 Å². The number of carbonyl (C=O) groups excluding carboxylic acids is 1. The van der Waals surface area contributed by atoms with E-state index in [1.807, 2.05) is 25.1 Å². The summed E-state index contributed by atoms with van der Waals surface area (Å²) in [6.07, 6.45) is 1.08. The first-order valence-electron chi connectivity index (χ1n) is 6.19. The lowest BCUT2D eigenvalue weighted by atomic mass is 10.2. The maximum Gasteiger partial charge on any atom is 0.329 e. The van der Waals surface area contributed by atoms with Gasteiger partial charge < -0.3 is 10.4 Å². The predicted molar refractivity (Wildman–Crippen MR) is 75.1 cm³/mol. The molecule has 1 aromatic carbocycles. The molecule has 2 N–H and O–H groups in total. The van der Waals surface area contributed by atoms with Crippen LogP contribution in [0.15, 0.2) is 24.3 Å². The first-order chi connectivity index (χ1) is 9.02. The zero-order chi connectivity index (χ0) is 13.9. The summed E-state index contributed by atoms with van der Waals surface area (Å²) in [4.78, 5) is 22.6. The zero-order valence-electron chi connectivity index (χ0n) is 10.8. The Labute approximate surface area is 116 Å². The number of nitrogens with one attached hydrogen (secondary N) is 1. The number of rotatable bonds is 6. The molecule has 1 aliphatic carbocycles. The highest BCUT2D eigenvalue weighted by Crippen LogP contribution is 2.35. The molecule has 2 rings (SSSR count). The molecule has 4 nitrogen and oxygen atoms in total. The average Bonchev–Trinajstić information content (AvgIpc) is 3.10. The minimum absolute atomic E-state index is 0.197. The summed E-state index contributed by atoms with van der Waals surface area (Å²) < 4.78 is 0. The van der Waals surface area contributed by atoms with Gasteiger partial charge in [-0.25, -0.2) is 4.79 Å². The molecule has 0 saturated heterocycles. The van der Waals surface area contributed by atoms with Gasteiger partial charge in [-0.3, -0.25) is 4.79 Å². The van der Waals surface area contributed by atoms with E-state index in [1.54, 1.807) is 0 Å². The van der Waals surface area contributed by atoms with E-state index in [0.717, 1.165) is 5.75 Å². The summed E-state index contributed by atoms with van der Waals surface area (Å²) >= 11 is 1.50. The summed E-state index contributed by atoms with van der Waals surface area (Å²) in [5.74, 6) is -0.0694. The van der Waals surface area contributed by atoms with Crippen LogP contribution in [0.4, 0.5) is 0 Å². The van der Waals surface area contributed by atoms with Crippen LogP contribution in [0.3, 0.4) is 0 Å². The summed E-state index contributed by atoms with van der Waals surface area (Å²) in [7, 11) is 0. The van der Waals surface area contributed by atoms with Crippen LogP contribution >= 0.6 is 11.8 Å². The highest BCUT2D eigenvalue weighted by molar-refractivity contribution is 7.99. The smallest absolute Gasteiger partial charge is 0.329 e. The van der Waals surface area contributed by atoms with Gasteiger partial charge in [-0.15, -0.1) is 11.8 Å². The van der Waals surface area contributed by atoms with Gasteiger partial charge in [0.1, 0.15) is 5.54 Å². The second-order valence-electron chi connectivity index (χ2n) is 4.92. The molecule has 102 valence electrons. The fourth-order valence-corrected chi connectivity index (χ4v) is 2.66. The van der Waals surface area contributed by atoms with Crippen LogP contribution in [-0.4, -0.2) is 28.3 Å². The summed E-state index contributed by atoms with van der Waals surface area (Å²) in [6, 6.07) is 8.14. The molecule has 0 atom stereocenters. The molecule has 0 spiro atoms. The number of benzene rings is 1. The fraction of sp³-hybridized carbons (Fsp3) is 0.429. The second kappa shape index (κ2) is 5.65. The van der Waals surface area contributed by atoms with Crippen LogP contribution < -0.4 is 5.32 Å². The lowest BCUT2D eigenvalue weighted by molar-refractivity contribution is -0.142. The van der Waals surface area contributed by atoms with Crippen molar-refractivity contribution in [3.63, 3.8) is 0 Å². The van der Waals surface area contributed by atoms with Gasteiger partial charge in [0.25, 0.3) is 0 Å². The monoisotopic (exact) mass is 279 g/mol. The Morgan fingerprint density at radius 2 is 2.16 bits per heavy atom. The van der Waals surface area contributed by atoms with E-state index in [9.17, 15) is 9.59 Å². The molecular weight excluding hydrogens is 262 g/mol. The molecule has 5 heteroatoms. The van der Waals surface area contributed by atoms with Crippen molar-refractivity contribution in [3.8, 4) is 0 Å². The highest BCUT2D eigenvalue weighted by Gasteiger charge is 2.51. The van der Waals surface area contributed by atoms with Gasteiger partial charge in [0.2, 0.25) is 5.91 Å². The molecule has 1 saturated carbocycles. The van der Waals surface area contributed by atoms with Crippen molar-refractivity contribution in [2.75, 3.05) is 5.75 Å². The van der Waals surface area contributed by atoms with Gasteiger partial charge >= 0.3 is 5.97 Å². The molecule has 0 radical (unpaired) electrons. The number of aliphatic carboxylic acids is 1. The third-order valence-corrected chi connectivity index (χ3v) is 4.13. The van der Waals surface area contributed by atoms with Gasteiger partial charge in [0.05, 0.1) is 5.75 Å². The first-order valence-corrected chi connectivity index (χ1v) is 7.35. The third-order valence-electron chi connectivity index (χ3n) is 3.12. The van der Waals surface area contributed by atoms with E-state index in [0.29, 0.717) is 18.6 Å². The Morgan fingerprint density at radius 3 is 2.74 bits per heavy atom. The van der Waals surface area contributed by atoms with Crippen molar-refractivity contribution in [3.05, 3.63) is 35.4 Å². The van der Waals surface area contributed by atoms with Crippen molar-refractivity contribution in [2.24, 2.45) is 0 Å². The number of carboxylic acid groups (broad SMARTS) is 1. The maximum absolute atomic E-state index is 11.7. The third kappa shape index (κ3) is 3.73. The molecular formula is C14H17NO3S. The van der Waals surface area contributed by atoms with Crippen LogP contribution in [0.1, 0.15) is 24.0 Å². The van der Waals surface area contributed by atoms with Crippen LogP contribution in [0.5, 0.6) is 0 Å². The molecule has 1 fully saturated rings. The van der Waals surface area contributed by atoms with E-state index < -0.39 is 11.5 Å². The number of hydrogen-bond donors (Lipinski definition) is 2. The molecule has 0 unspecified atom stereocenters. The number of thioether (sulfide) groups is 1. The minimum atomic E-state index is -0.971. The van der Waals surface area contributed by atoms with Gasteiger partial charge in [-0.2, -0.15) is 0 Å². The summed E-state index contributed by atoms with van der Waals surface area (Å²) in [5.41, 5.74) is 1.41. The summed E-state index contributed by atoms with van der Waals surface area (Å²) in [6.45, 7) is 2.03. The van der Waals surface area contributed by atoms with Crippen LogP contribution in [-0.2, 0) is 15.3 Å². The van der Waals surface area contributed by atoms with E-state index in [-0.39, 0.29) is 5.91 Å². The largest absolute Gasteiger partial charge is 0.480 e. The SMILES string of the molecule is Cc1cccc(CSCC(=O)NC2(C(=O)O)CC2)c1. The van der Waals surface area contributed by atoms with Crippen molar-refractivity contribution in [1.29, 1.82) is 0 Å². The Hall–Kier alpha value is -1.49. The predicted octanol–water partition coefficient (Wildman–Crippen LogP) is 1.96. The molecule has 19 heavy (non-hydrogen) atoms. The van der Waals surface area contributed by atoms with Crippen molar-refractivity contribution >= 4 is 23.6 Å². The second-order valence-corrected chi connectivity index (χ2v) is 5.90. The van der Waals surface area contributed by atoms with E-state index in [1.165, 1.54) is 22.9 Å². The highest BCUT2D eigenvalue weighted by atomic mass is 32.2. The lowest BCUT2D eigenvalue weighted by Crippen LogP contribution is -2.43. The van der Waals surface area contributed by atoms with Gasteiger partial charge in [-0.1, -0.05) is 29.8 Å². The quantitative estimate of drug-likeness (QED) is 0.835. The Balaban J connectivity index is 1.74. The Bertz CT molecular complexity index is 497. The molecule has 1 aliphatic rings. The standard InChI is InChI=1S/C14H17NO3S/c1-10-3-2-4-11(7-10)8-19-9-12(16)15-14(5-6-14)13(17)18/h2-4,7H,5-6,8-9H2,1H3,(H,15,16)(H,17,18). The fourth-order valence-electron chi connectivity index (χ4n) is 1.88. The van der Waals surface area contributed by atoms with Crippen molar-refractivity contribution in [1.82, 2.24) is 5.32 Å². The number of carboxylic acids is 1. The van der Waals surface area contributed by atoms with E-state index in [2.05, 4.69) is 11.4 Å². The van der Waals surface area contributed by atoms with Crippen LogP contribution in [0, 0.1) is 6.92 Å². The van der Waals surface area contributed by atoms with Crippen LogP contribution in [0.25, 0.3) is 0 Å². The minimum Gasteiger partial charge on any atom is -0.480 e. The van der Waals surface area contributed by atoms with Gasteiger partial charge in [0.15, 0.2) is 0 Å². The van der Waals surface area contributed by atoms with Gasteiger partial charge in [-0.05, 0) is 25.3 Å². The molecule has 0 aliphatic heterocycles. The number of hydrogen-bond acceptors (Lipinski definition) is 3. The lowest BCUT2D eigenvalue weighted by Gasteiger charge is -2.12. The molecule has 0 bridgehead atoms. The number of amides is 1. The molecule has 1 amide bonds.